The Kier molecular flexibility index (Phi) is 4.99. The van der Waals surface area contributed by atoms with Crippen LogP contribution in [0.3, 0.4) is 0 Å². The van der Waals surface area contributed by atoms with E-state index in [1.165, 1.54) is 5.56 Å². The van der Waals surface area contributed by atoms with Gasteiger partial charge in [0.2, 0.25) is 5.91 Å². The van der Waals surface area contributed by atoms with Gasteiger partial charge in [-0.2, -0.15) is 0 Å². The normalized spacial score (nSPS) is 18.4. The van der Waals surface area contributed by atoms with Crippen LogP contribution in [-0.4, -0.2) is 29.9 Å². The molecule has 1 heterocycles. The first kappa shape index (κ1) is 14.5. The van der Waals surface area contributed by atoms with Crippen molar-refractivity contribution in [2.45, 2.75) is 38.8 Å². The molecule has 0 unspecified atom stereocenters. The van der Waals surface area contributed by atoms with E-state index in [2.05, 4.69) is 46.4 Å². The first-order chi connectivity index (χ1) is 9.06. The van der Waals surface area contributed by atoms with Gasteiger partial charge in [-0.15, -0.1) is 0 Å². The van der Waals surface area contributed by atoms with E-state index in [4.69, 9.17) is 0 Å². The molecule has 1 amide bonds. The van der Waals surface area contributed by atoms with Crippen LogP contribution in [0.5, 0.6) is 0 Å². The molecule has 1 saturated heterocycles. The summed E-state index contributed by atoms with van der Waals surface area (Å²) in [6.07, 6.45) is 2.08. The van der Waals surface area contributed by atoms with Gasteiger partial charge in [-0.3, -0.25) is 4.79 Å². The topological polar surface area (TPSA) is 32.3 Å². The summed E-state index contributed by atoms with van der Waals surface area (Å²) in [6, 6.07) is 9.25. The maximum Gasteiger partial charge on any atom is 0.219 e. The van der Waals surface area contributed by atoms with E-state index in [0.29, 0.717) is 12.1 Å². The first-order valence-corrected chi connectivity index (χ1v) is 7.62. The maximum atomic E-state index is 11.3. The number of nitrogens with one attached hydrogen (secondary N) is 1. The van der Waals surface area contributed by atoms with Gasteiger partial charge in [-0.05, 0) is 37.5 Å². The molecule has 3 nitrogen and oxygen atoms in total. The number of halogens is 1. The summed E-state index contributed by atoms with van der Waals surface area (Å²) in [7, 11) is 0. The van der Waals surface area contributed by atoms with E-state index < -0.39 is 0 Å². The quantitative estimate of drug-likeness (QED) is 0.926. The Hall–Kier alpha value is -0.870. The average Bonchev–Trinajstić information content (AvgIpc) is 2.39. The van der Waals surface area contributed by atoms with Crippen LogP contribution >= 0.6 is 15.9 Å². The lowest BCUT2D eigenvalue weighted by Gasteiger charge is -2.33. The van der Waals surface area contributed by atoms with Crippen LogP contribution in [0.25, 0.3) is 0 Å². The van der Waals surface area contributed by atoms with Crippen LogP contribution in [0, 0.1) is 0 Å². The van der Waals surface area contributed by atoms with Gasteiger partial charge < -0.3 is 10.2 Å². The fourth-order valence-corrected chi connectivity index (χ4v) is 3.00. The SMILES string of the molecule is CC(=O)N1CCC(N[C@@H](C)c2cccc(Br)c2)CC1. The number of likely N-dealkylation sites (tertiary alicyclic amines) is 1. The number of carbonyl (C=O) groups is 1. The molecule has 0 radical (unpaired) electrons. The van der Waals surface area contributed by atoms with Crippen LogP contribution in [0.4, 0.5) is 0 Å². The highest BCUT2D eigenvalue weighted by atomic mass is 79.9. The Morgan fingerprint density at radius 1 is 1.42 bits per heavy atom. The number of rotatable bonds is 3. The molecule has 104 valence electrons. The summed E-state index contributed by atoms with van der Waals surface area (Å²) in [5, 5.41) is 3.66. The molecular weight excluding hydrogens is 304 g/mol. The highest BCUT2D eigenvalue weighted by Gasteiger charge is 2.21. The lowest BCUT2D eigenvalue weighted by Crippen LogP contribution is -2.44. The number of nitrogens with zero attached hydrogens (tertiary/aromatic N) is 1. The lowest BCUT2D eigenvalue weighted by molar-refractivity contribution is -0.129. The molecule has 1 aromatic carbocycles. The number of hydrogen-bond acceptors (Lipinski definition) is 2. The van der Waals surface area contributed by atoms with Crippen LogP contribution in [0.15, 0.2) is 28.7 Å². The number of piperidine rings is 1. The number of carbonyl (C=O) groups excluding carboxylic acids is 1. The maximum absolute atomic E-state index is 11.3. The fraction of sp³-hybridized carbons (Fsp3) is 0.533. The van der Waals surface area contributed by atoms with Crippen LogP contribution in [0.1, 0.15) is 38.3 Å². The van der Waals surface area contributed by atoms with Crippen molar-refractivity contribution < 1.29 is 4.79 Å². The second-order valence-corrected chi connectivity index (χ2v) is 6.14. The molecule has 1 aliphatic rings. The Morgan fingerprint density at radius 3 is 2.68 bits per heavy atom. The Labute approximate surface area is 123 Å². The smallest absolute Gasteiger partial charge is 0.219 e. The summed E-state index contributed by atoms with van der Waals surface area (Å²) in [5.41, 5.74) is 1.29. The second-order valence-electron chi connectivity index (χ2n) is 5.22. The van der Waals surface area contributed by atoms with Crippen molar-refractivity contribution in [1.29, 1.82) is 0 Å². The minimum atomic E-state index is 0.193. The minimum Gasteiger partial charge on any atom is -0.343 e. The van der Waals surface area contributed by atoms with Crippen molar-refractivity contribution in [3.8, 4) is 0 Å². The van der Waals surface area contributed by atoms with Gasteiger partial charge in [0.15, 0.2) is 0 Å². The molecule has 1 aliphatic heterocycles. The molecule has 0 saturated carbocycles. The van der Waals surface area contributed by atoms with Gasteiger partial charge in [0, 0.05) is 36.6 Å². The van der Waals surface area contributed by atoms with E-state index in [9.17, 15) is 4.79 Å². The summed E-state index contributed by atoms with van der Waals surface area (Å²) < 4.78 is 1.12. The molecular formula is C15H21BrN2O. The first-order valence-electron chi connectivity index (χ1n) is 6.83. The van der Waals surface area contributed by atoms with Crippen molar-refractivity contribution in [2.24, 2.45) is 0 Å². The van der Waals surface area contributed by atoms with Crippen molar-refractivity contribution in [1.82, 2.24) is 10.2 Å². The third-order valence-electron chi connectivity index (χ3n) is 3.77. The van der Waals surface area contributed by atoms with Crippen molar-refractivity contribution in [2.75, 3.05) is 13.1 Å². The largest absolute Gasteiger partial charge is 0.343 e. The number of amides is 1. The van der Waals surface area contributed by atoms with Gasteiger partial charge in [0.25, 0.3) is 0 Å². The predicted octanol–water partition coefficient (Wildman–Crippen LogP) is 3.11. The van der Waals surface area contributed by atoms with E-state index >= 15 is 0 Å². The van der Waals surface area contributed by atoms with E-state index in [1.54, 1.807) is 6.92 Å². The van der Waals surface area contributed by atoms with Crippen molar-refractivity contribution >= 4 is 21.8 Å². The molecule has 0 aromatic heterocycles. The zero-order chi connectivity index (χ0) is 13.8. The van der Waals surface area contributed by atoms with Crippen LogP contribution in [-0.2, 0) is 4.79 Å². The molecule has 19 heavy (non-hydrogen) atoms. The molecule has 0 aliphatic carbocycles. The van der Waals surface area contributed by atoms with E-state index in [-0.39, 0.29) is 5.91 Å². The van der Waals surface area contributed by atoms with Gasteiger partial charge in [0.1, 0.15) is 0 Å². The summed E-state index contributed by atoms with van der Waals surface area (Å²) >= 11 is 3.51. The third kappa shape index (κ3) is 4.05. The molecule has 0 spiro atoms. The van der Waals surface area contributed by atoms with Gasteiger partial charge in [-0.1, -0.05) is 28.1 Å². The molecule has 2 rings (SSSR count). The van der Waals surface area contributed by atoms with Gasteiger partial charge in [-0.25, -0.2) is 0 Å². The highest BCUT2D eigenvalue weighted by Crippen LogP contribution is 2.20. The zero-order valence-corrected chi connectivity index (χ0v) is 13.1. The molecule has 1 fully saturated rings. The summed E-state index contributed by atoms with van der Waals surface area (Å²) in [6.45, 7) is 5.59. The molecule has 0 bridgehead atoms. The zero-order valence-electron chi connectivity index (χ0n) is 11.5. The van der Waals surface area contributed by atoms with Gasteiger partial charge >= 0.3 is 0 Å². The average molecular weight is 325 g/mol. The highest BCUT2D eigenvalue weighted by molar-refractivity contribution is 9.10. The van der Waals surface area contributed by atoms with E-state index in [1.807, 2.05) is 11.0 Å². The minimum absolute atomic E-state index is 0.193. The molecule has 1 aromatic rings. The van der Waals surface area contributed by atoms with Crippen molar-refractivity contribution in [3.63, 3.8) is 0 Å². The Bertz CT molecular complexity index is 442. The molecule has 1 atom stereocenters. The monoisotopic (exact) mass is 324 g/mol. The predicted molar refractivity (Wildman–Crippen MR) is 81.0 cm³/mol. The summed E-state index contributed by atoms with van der Waals surface area (Å²) in [4.78, 5) is 13.2. The fourth-order valence-electron chi connectivity index (χ4n) is 2.59. The number of hydrogen-bond donors (Lipinski definition) is 1. The summed E-state index contributed by atoms with van der Waals surface area (Å²) in [5.74, 6) is 0.193. The standard InChI is InChI=1S/C15H21BrN2O/c1-11(13-4-3-5-14(16)10-13)17-15-6-8-18(9-7-15)12(2)19/h3-5,10-11,15,17H,6-9H2,1-2H3/t11-/m0/s1. The van der Waals surface area contributed by atoms with Gasteiger partial charge in [0.05, 0.1) is 0 Å². The molecule has 4 heteroatoms. The second kappa shape index (κ2) is 6.53. The number of benzene rings is 1. The van der Waals surface area contributed by atoms with E-state index in [0.717, 1.165) is 30.4 Å². The molecule has 1 N–H and O–H groups in total. The third-order valence-corrected chi connectivity index (χ3v) is 4.27. The van der Waals surface area contributed by atoms with Crippen molar-refractivity contribution in [3.05, 3.63) is 34.3 Å². The Balaban J connectivity index is 1.87. The lowest BCUT2D eigenvalue weighted by atomic mass is 10.0. The Morgan fingerprint density at radius 2 is 2.11 bits per heavy atom. The van der Waals surface area contributed by atoms with Crippen LogP contribution < -0.4 is 5.32 Å². The van der Waals surface area contributed by atoms with Crippen LogP contribution in [0.2, 0.25) is 0 Å².